The number of imidazole rings is 1. The number of hydrogen-bond acceptors (Lipinski definition) is 4. The van der Waals surface area contributed by atoms with E-state index in [9.17, 15) is 0 Å². The van der Waals surface area contributed by atoms with Crippen LogP contribution < -0.4 is 15.2 Å². The third-order valence-electron chi connectivity index (χ3n) is 3.52. The van der Waals surface area contributed by atoms with E-state index in [0.29, 0.717) is 0 Å². The zero-order valence-electron chi connectivity index (χ0n) is 13.6. The molecule has 0 spiro atoms. The summed E-state index contributed by atoms with van der Waals surface area (Å²) in [5.41, 5.74) is 7.54. The molecule has 0 aliphatic carbocycles. The standard InChI is InChI=1S/C16H25N6/c1-20(2)15-8-6-14(7-9-15)18-19-16-21(3)12-13-22(16)11-5-4-10-17/h6-9,12-13H,4-5,10-11,17H2,1-3H3/q+1. The molecule has 0 bridgehead atoms. The zero-order valence-corrected chi connectivity index (χ0v) is 13.6. The Morgan fingerprint density at radius 1 is 1.14 bits per heavy atom. The number of hydrogen-bond donors (Lipinski definition) is 1. The number of nitrogens with two attached hydrogens (primary N) is 1. The van der Waals surface area contributed by atoms with Gasteiger partial charge in [-0.2, -0.15) is 0 Å². The summed E-state index contributed by atoms with van der Waals surface area (Å²) in [6.45, 7) is 1.63. The molecule has 6 heteroatoms. The van der Waals surface area contributed by atoms with Crippen molar-refractivity contribution < 1.29 is 4.57 Å². The van der Waals surface area contributed by atoms with Crippen molar-refractivity contribution in [3.63, 3.8) is 0 Å². The van der Waals surface area contributed by atoms with Crippen molar-refractivity contribution in [2.75, 3.05) is 25.5 Å². The topological polar surface area (TPSA) is 62.8 Å². The molecule has 0 atom stereocenters. The lowest BCUT2D eigenvalue weighted by Crippen LogP contribution is -2.32. The van der Waals surface area contributed by atoms with E-state index in [0.717, 1.165) is 43.3 Å². The molecule has 1 aromatic carbocycles. The molecule has 22 heavy (non-hydrogen) atoms. The summed E-state index contributed by atoms with van der Waals surface area (Å²) < 4.78 is 4.08. The molecule has 6 nitrogen and oxygen atoms in total. The van der Waals surface area contributed by atoms with Crippen molar-refractivity contribution in [3.8, 4) is 0 Å². The monoisotopic (exact) mass is 301 g/mol. The zero-order chi connectivity index (χ0) is 15.9. The highest BCUT2D eigenvalue weighted by molar-refractivity contribution is 5.51. The first-order chi connectivity index (χ1) is 10.6. The number of unbranched alkanes of at least 4 members (excludes halogenated alkanes) is 1. The molecule has 0 aliphatic heterocycles. The Kier molecular flexibility index (Phi) is 5.66. The minimum absolute atomic E-state index is 0.725. The van der Waals surface area contributed by atoms with Gasteiger partial charge in [-0.15, -0.1) is 0 Å². The van der Waals surface area contributed by atoms with Crippen LogP contribution in [0.4, 0.5) is 17.3 Å². The van der Waals surface area contributed by atoms with Gasteiger partial charge in [-0.3, -0.25) is 0 Å². The molecule has 0 amide bonds. The second kappa shape index (κ2) is 7.70. The number of rotatable bonds is 7. The Morgan fingerprint density at radius 2 is 1.86 bits per heavy atom. The quantitative estimate of drug-likeness (QED) is 0.485. The van der Waals surface area contributed by atoms with Crippen LogP contribution in [0.1, 0.15) is 12.8 Å². The molecule has 2 N–H and O–H groups in total. The lowest BCUT2D eigenvalue weighted by Gasteiger charge is -2.11. The van der Waals surface area contributed by atoms with Crippen molar-refractivity contribution in [2.24, 2.45) is 23.0 Å². The molecular weight excluding hydrogens is 276 g/mol. The van der Waals surface area contributed by atoms with Crippen LogP contribution in [-0.2, 0) is 13.6 Å². The Morgan fingerprint density at radius 3 is 2.50 bits per heavy atom. The molecule has 0 radical (unpaired) electrons. The van der Waals surface area contributed by atoms with Gasteiger partial charge in [-0.05, 0) is 43.7 Å². The third-order valence-corrected chi connectivity index (χ3v) is 3.52. The Labute approximate surface area is 131 Å². The van der Waals surface area contributed by atoms with Crippen LogP contribution in [-0.4, -0.2) is 25.2 Å². The van der Waals surface area contributed by atoms with Crippen LogP contribution in [0.25, 0.3) is 0 Å². The molecule has 0 saturated heterocycles. The predicted molar refractivity (Wildman–Crippen MR) is 88.8 cm³/mol. The van der Waals surface area contributed by atoms with Gasteiger partial charge in [-0.1, -0.05) is 5.11 Å². The fraction of sp³-hybridized carbons (Fsp3) is 0.438. The van der Waals surface area contributed by atoms with Crippen LogP contribution in [0.3, 0.4) is 0 Å². The lowest BCUT2D eigenvalue weighted by molar-refractivity contribution is -0.684. The fourth-order valence-electron chi connectivity index (χ4n) is 2.17. The molecule has 1 aromatic heterocycles. The third kappa shape index (κ3) is 4.14. The average molecular weight is 301 g/mol. The summed E-state index contributed by atoms with van der Waals surface area (Å²) in [6.07, 6.45) is 6.08. The van der Waals surface area contributed by atoms with Gasteiger partial charge in [-0.25, -0.2) is 9.13 Å². The number of aryl methyl sites for hydroxylation is 2. The fourth-order valence-corrected chi connectivity index (χ4v) is 2.17. The van der Waals surface area contributed by atoms with E-state index in [1.54, 1.807) is 0 Å². The smallest absolute Gasteiger partial charge is 0.378 e. The van der Waals surface area contributed by atoms with Gasteiger partial charge in [0.25, 0.3) is 0 Å². The maximum atomic E-state index is 5.54. The van der Waals surface area contributed by atoms with Crippen molar-refractivity contribution >= 4 is 17.3 Å². The number of anilines is 1. The van der Waals surface area contributed by atoms with E-state index >= 15 is 0 Å². The van der Waals surface area contributed by atoms with Crippen molar-refractivity contribution in [2.45, 2.75) is 19.4 Å². The molecule has 2 rings (SSSR count). The van der Waals surface area contributed by atoms with Crippen LogP contribution in [0.2, 0.25) is 0 Å². The van der Waals surface area contributed by atoms with E-state index in [2.05, 4.69) is 19.7 Å². The second-order valence-electron chi connectivity index (χ2n) is 5.51. The van der Waals surface area contributed by atoms with Gasteiger partial charge in [0.1, 0.15) is 5.69 Å². The first-order valence-electron chi connectivity index (χ1n) is 7.56. The molecule has 0 aliphatic rings. The minimum atomic E-state index is 0.725. The molecule has 0 fully saturated rings. The molecular formula is C16H25N6+. The normalized spacial score (nSPS) is 11.3. The summed E-state index contributed by atoms with van der Waals surface area (Å²) >= 11 is 0. The number of benzene rings is 1. The lowest BCUT2D eigenvalue weighted by atomic mass is 10.3. The molecule has 0 saturated carbocycles. The highest BCUT2D eigenvalue weighted by Crippen LogP contribution is 2.20. The van der Waals surface area contributed by atoms with Gasteiger partial charge in [0.2, 0.25) is 0 Å². The van der Waals surface area contributed by atoms with Gasteiger partial charge >= 0.3 is 5.95 Å². The van der Waals surface area contributed by atoms with E-state index in [1.807, 2.05) is 62.4 Å². The summed E-state index contributed by atoms with van der Waals surface area (Å²) in [5.74, 6) is 0.841. The van der Waals surface area contributed by atoms with Crippen molar-refractivity contribution in [1.29, 1.82) is 0 Å². The minimum Gasteiger partial charge on any atom is -0.378 e. The van der Waals surface area contributed by atoms with Crippen molar-refractivity contribution in [1.82, 2.24) is 4.57 Å². The summed E-state index contributed by atoms with van der Waals surface area (Å²) in [5, 5.41) is 8.73. The van der Waals surface area contributed by atoms with E-state index in [1.165, 1.54) is 0 Å². The highest BCUT2D eigenvalue weighted by atomic mass is 15.3. The van der Waals surface area contributed by atoms with Crippen molar-refractivity contribution in [3.05, 3.63) is 36.7 Å². The summed E-state index contributed by atoms with van der Waals surface area (Å²) in [6, 6.07) is 8.02. The number of nitrogens with zero attached hydrogens (tertiary/aromatic N) is 5. The predicted octanol–water partition coefficient (Wildman–Crippen LogP) is 2.53. The maximum absolute atomic E-state index is 5.54. The first kappa shape index (κ1) is 16.2. The first-order valence-corrected chi connectivity index (χ1v) is 7.56. The van der Waals surface area contributed by atoms with Crippen LogP contribution in [0, 0.1) is 0 Å². The second-order valence-corrected chi connectivity index (χ2v) is 5.51. The van der Waals surface area contributed by atoms with E-state index < -0.39 is 0 Å². The molecule has 1 heterocycles. The van der Waals surface area contributed by atoms with E-state index in [-0.39, 0.29) is 0 Å². The SMILES string of the molecule is CN(C)c1ccc(/N=N/c2n(C)cc[n+]2CCCCN)cc1. The average Bonchev–Trinajstić information content (AvgIpc) is 2.86. The Hall–Kier alpha value is -2.21. The van der Waals surface area contributed by atoms with Gasteiger partial charge < -0.3 is 10.6 Å². The largest absolute Gasteiger partial charge is 0.421 e. The maximum Gasteiger partial charge on any atom is 0.421 e. The Bertz CT molecular complexity index is 612. The van der Waals surface area contributed by atoms with Crippen LogP contribution >= 0.6 is 0 Å². The summed E-state index contributed by atoms with van der Waals surface area (Å²) in [4.78, 5) is 2.06. The molecule has 2 aromatic rings. The van der Waals surface area contributed by atoms with Gasteiger partial charge in [0.15, 0.2) is 0 Å². The highest BCUT2D eigenvalue weighted by Gasteiger charge is 2.13. The van der Waals surface area contributed by atoms with E-state index in [4.69, 9.17) is 5.73 Å². The van der Waals surface area contributed by atoms with Gasteiger partial charge in [0, 0.05) is 24.9 Å². The summed E-state index contributed by atoms with van der Waals surface area (Å²) in [7, 11) is 6.01. The van der Waals surface area contributed by atoms with Crippen LogP contribution in [0.5, 0.6) is 0 Å². The van der Waals surface area contributed by atoms with Crippen LogP contribution in [0.15, 0.2) is 46.9 Å². The van der Waals surface area contributed by atoms with Gasteiger partial charge in [0.05, 0.1) is 26.0 Å². The molecule has 118 valence electrons. The number of azo groups is 1. The molecule has 0 unspecified atom stereocenters. The number of aromatic nitrogens is 2. The Balaban J connectivity index is 2.10.